The van der Waals surface area contributed by atoms with Gasteiger partial charge in [-0.3, -0.25) is 4.79 Å². The molecule has 1 atom stereocenters. The van der Waals surface area contributed by atoms with Gasteiger partial charge in [0, 0.05) is 38.6 Å². The molecule has 7 nitrogen and oxygen atoms in total. The number of hydrogen-bond donors (Lipinski definition) is 1. The molecule has 0 aliphatic carbocycles. The third-order valence-electron chi connectivity index (χ3n) is 4.74. The zero-order valence-corrected chi connectivity index (χ0v) is 15.1. The molecule has 2 aliphatic heterocycles. The van der Waals surface area contributed by atoms with Crippen molar-refractivity contribution in [2.24, 2.45) is 5.73 Å². The van der Waals surface area contributed by atoms with Gasteiger partial charge < -0.3 is 15.4 Å². The summed E-state index contributed by atoms with van der Waals surface area (Å²) in [5.74, 6) is 0.109. The Hall–Kier alpha value is -1.48. The Morgan fingerprint density at radius 3 is 2.44 bits per heavy atom. The van der Waals surface area contributed by atoms with E-state index in [0.717, 1.165) is 18.5 Å². The molecular weight excluding hydrogens is 342 g/mol. The summed E-state index contributed by atoms with van der Waals surface area (Å²) >= 11 is 0. The van der Waals surface area contributed by atoms with E-state index in [9.17, 15) is 13.2 Å². The Bertz CT molecular complexity index is 699. The van der Waals surface area contributed by atoms with Gasteiger partial charge in [0.2, 0.25) is 15.9 Å². The average Bonchev–Trinajstić information content (AvgIpc) is 3.07. The van der Waals surface area contributed by atoms with Crippen LogP contribution in [0, 0.1) is 0 Å². The van der Waals surface area contributed by atoms with Gasteiger partial charge >= 0.3 is 0 Å². The van der Waals surface area contributed by atoms with Gasteiger partial charge in [0.05, 0.1) is 18.1 Å². The smallest absolute Gasteiger partial charge is 0.243 e. The molecule has 0 bridgehead atoms. The molecule has 2 aliphatic rings. The van der Waals surface area contributed by atoms with E-state index >= 15 is 0 Å². The van der Waals surface area contributed by atoms with E-state index in [4.69, 9.17) is 10.5 Å². The Balaban J connectivity index is 1.57. The van der Waals surface area contributed by atoms with Crippen LogP contribution in [-0.2, 0) is 26.0 Å². The molecule has 2 N–H and O–H groups in total. The predicted octanol–water partition coefficient (Wildman–Crippen LogP) is 0.200. The van der Waals surface area contributed by atoms with Gasteiger partial charge in [-0.25, -0.2) is 8.42 Å². The van der Waals surface area contributed by atoms with Crippen LogP contribution < -0.4 is 5.73 Å². The van der Waals surface area contributed by atoms with Crippen LogP contribution in [0.5, 0.6) is 0 Å². The van der Waals surface area contributed by atoms with Crippen molar-refractivity contribution >= 4 is 15.9 Å². The molecule has 0 saturated carbocycles. The second-order valence-electron chi connectivity index (χ2n) is 6.55. The fourth-order valence-corrected chi connectivity index (χ4v) is 4.60. The number of benzene rings is 1. The number of sulfonamides is 1. The number of likely N-dealkylation sites (tertiary alicyclic amines) is 1. The van der Waals surface area contributed by atoms with E-state index in [1.54, 1.807) is 24.3 Å². The quantitative estimate of drug-likeness (QED) is 0.802. The molecule has 2 saturated heterocycles. The van der Waals surface area contributed by atoms with Gasteiger partial charge in [0.25, 0.3) is 0 Å². The molecule has 138 valence electrons. The van der Waals surface area contributed by atoms with E-state index in [1.165, 1.54) is 4.31 Å². The summed E-state index contributed by atoms with van der Waals surface area (Å²) in [6.07, 6.45) is 1.88. The highest BCUT2D eigenvalue weighted by molar-refractivity contribution is 7.89. The summed E-state index contributed by atoms with van der Waals surface area (Å²) in [6.45, 7) is 3.00. The second-order valence-corrected chi connectivity index (χ2v) is 8.49. The van der Waals surface area contributed by atoms with Gasteiger partial charge in [0.15, 0.2) is 0 Å². The second kappa shape index (κ2) is 7.82. The molecule has 2 fully saturated rings. The summed E-state index contributed by atoms with van der Waals surface area (Å²) in [7, 11) is -3.47. The zero-order valence-electron chi connectivity index (χ0n) is 14.3. The van der Waals surface area contributed by atoms with Crippen molar-refractivity contribution < 1.29 is 17.9 Å². The fourth-order valence-electron chi connectivity index (χ4n) is 3.19. The maximum absolute atomic E-state index is 12.6. The van der Waals surface area contributed by atoms with Crippen LogP contribution in [0.4, 0.5) is 0 Å². The number of rotatable bonds is 5. The zero-order chi connectivity index (χ0) is 17.9. The number of morpholine rings is 1. The van der Waals surface area contributed by atoms with Gasteiger partial charge in [-0.2, -0.15) is 4.31 Å². The minimum atomic E-state index is -3.47. The lowest BCUT2D eigenvalue weighted by Gasteiger charge is -2.26. The normalized spacial score (nSPS) is 22.3. The summed E-state index contributed by atoms with van der Waals surface area (Å²) in [5, 5.41) is 0. The largest absolute Gasteiger partial charge is 0.379 e. The monoisotopic (exact) mass is 367 g/mol. The maximum Gasteiger partial charge on any atom is 0.243 e. The number of nitrogens with two attached hydrogens (primary N) is 1. The Morgan fingerprint density at radius 2 is 1.84 bits per heavy atom. The molecule has 0 radical (unpaired) electrons. The highest BCUT2D eigenvalue weighted by Crippen LogP contribution is 2.18. The number of aryl methyl sites for hydroxylation is 1. The lowest BCUT2D eigenvalue weighted by molar-refractivity contribution is -0.130. The van der Waals surface area contributed by atoms with Crippen molar-refractivity contribution in [1.82, 2.24) is 9.21 Å². The van der Waals surface area contributed by atoms with Crippen LogP contribution in [0.1, 0.15) is 18.4 Å². The first-order valence-electron chi connectivity index (χ1n) is 8.67. The summed E-state index contributed by atoms with van der Waals surface area (Å²) in [6, 6.07) is 6.91. The Labute approximate surface area is 148 Å². The van der Waals surface area contributed by atoms with E-state index in [1.807, 2.05) is 4.90 Å². The first-order chi connectivity index (χ1) is 12.0. The molecular formula is C17H25N3O4S. The molecule has 3 rings (SSSR count). The molecule has 25 heavy (non-hydrogen) atoms. The highest BCUT2D eigenvalue weighted by Gasteiger charge is 2.26. The number of ether oxygens (including phenoxy) is 1. The first kappa shape index (κ1) is 18.3. The van der Waals surface area contributed by atoms with E-state index < -0.39 is 10.0 Å². The van der Waals surface area contributed by atoms with E-state index in [-0.39, 0.29) is 16.8 Å². The van der Waals surface area contributed by atoms with Crippen LogP contribution >= 0.6 is 0 Å². The molecule has 0 spiro atoms. The number of carbonyl (C=O) groups is 1. The lowest BCUT2D eigenvalue weighted by Crippen LogP contribution is -2.40. The Kier molecular flexibility index (Phi) is 5.73. The van der Waals surface area contributed by atoms with Crippen molar-refractivity contribution in [2.75, 3.05) is 39.4 Å². The minimum absolute atomic E-state index is 0.0913. The summed E-state index contributed by atoms with van der Waals surface area (Å²) < 4.78 is 31.8. The van der Waals surface area contributed by atoms with Crippen LogP contribution in [0.3, 0.4) is 0 Å². The van der Waals surface area contributed by atoms with Crippen LogP contribution in [0.2, 0.25) is 0 Å². The Morgan fingerprint density at radius 1 is 1.16 bits per heavy atom. The number of carbonyl (C=O) groups excluding carboxylic acids is 1. The van der Waals surface area contributed by atoms with Gasteiger partial charge in [-0.15, -0.1) is 0 Å². The first-order valence-corrected chi connectivity index (χ1v) is 10.1. The van der Waals surface area contributed by atoms with Gasteiger partial charge in [-0.1, -0.05) is 12.1 Å². The molecule has 8 heteroatoms. The summed E-state index contributed by atoms with van der Waals surface area (Å²) in [5.41, 5.74) is 6.78. The third kappa shape index (κ3) is 4.38. The number of amides is 1. The highest BCUT2D eigenvalue weighted by atomic mass is 32.2. The molecule has 0 unspecified atom stereocenters. The van der Waals surface area contributed by atoms with Crippen LogP contribution in [0.25, 0.3) is 0 Å². The SMILES string of the molecule is N[C@@H]1CCN(C(=O)CCc2ccc(S(=O)(=O)N3CCOCC3)cc2)C1. The lowest BCUT2D eigenvalue weighted by atomic mass is 10.1. The topological polar surface area (TPSA) is 92.9 Å². The molecule has 0 aromatic heterocycles. The van der Waals surface area contributed by atoms with E-state index in [0.29, 0.717) is 45.7 Å². The summed E-state index contributed by atoms with van der Waals surface area (Å²) in [4.78, 5) is 14.2. The fraction of sp³-hybridized carbons (Fsp3) is 0.588. The predicted molar refractivity (Wildman–Crippen MR) is 93.5 cm³/mol. The average molecular weight is 367 g/mol. The third-order valence-corrected chi connectivity index (χ3v) is 6.65. The molecule has 1 aromatic carbocycles. The van der Waals surface area contributed by atoms with Crippen molar-refractivity contribution in [3.63, 3.8) is 0 Å². The van der Waals surface area contributed by atoms with Gasteiger partial charge in [0.1, 0.15) is 0 Å². The maximum atomic E-state index is 12.6. The van der Waals surface area contributed by atoms with Crippen LogP contribution in [-0.4, -0.2) is 69.0 Å². The van der Waals surface area contributed by atoms with Crippen molar-refractivity contribution in [3.05, 3.63) is 29.8 Å². The minimum Gasteiger partial charge on any atom is -0.379 e. The molecule has 1 amide bonds. The standard InChI is InChI=1S/C17H25N3O4S/c18-15-7-8-19(13-15)17(21)6-3-14-1-4-16(5-2-14)25(22,23)20-9-11-24-12-10-20/h1-2,4-5,15H,3,6-13,18H2/t15-/m1/s1. The molecule has 2 heterocycles. The van der Waals surface area contributed by atoms with Crippen molar-refractivity contribution in [1.29, 1.82) is 0 Å². The van der Waals surface area contributed by atoms with E-state index in [2.05, 4.69) is 0 Å². The number of hydrogen-bond acceptors (Lipinski definition) is 5. The molecule has 1 aromatic rings. The number of nitrogens with zero attached hydrogens (tertiary/aromatic N) is 2. The van der Waals surface area contributed by atoms with Gasteiger partial charge in [-0.05, 0) is 30.5 Å². The van der Waals surface area contributed by atoms with Crippen LogP contribution in [0.15, 0.2) is 29.2 Å². The van der Waals surface area contributed by atoms with Crippen molar-refractivity contribution in [2.45, 2.75) is 30.2 Å². The van der Waals surface area contributed by atoms with Crippen molar-refractivity contribution in [3.8, 4) is 0 Å².